The van der Waals surface area contributed by atoms with Crippen molar-refractivity contribution in [2.45, 2.75) is 40.0 Å². The normalized spacial score (nSPS) is 20.1. The number of benzene rings is 1. The number of aliphatic carboxylic acids is 1. The van der Waals surface area contributed by atoms with Crippen molar-refractivity contribution in [2.75, 3.05) is 13.1 Å². The first-order chi connectivity index (χ1) is 12.8. The standard InChI is InChI=1S/C21H27N3O3/c1-13(2)19-17(10-22-24(19)18-8-6-5-7-15(18)4)20(25)23-11-14(3)9-16(12-23)21(26)27/h5-8,10,13-14,16H,9,11-12H2,1-4H3,(H,26,27). The van der Waals surface area contributed by atoms with Gasteiger partial charge in [0.1, 0.15) is 0 Å². The summed E-state index contributed by atoms with van der Waals surface area (Å²) >= 11 is 0. The fourth-order valence-corrected chi connectivity index (χ4v) is 3.94. The predicted octanol–water partition coefficient (Wildman–Crippen LogP) is 3.49. The van der Waals surface area contributed by atoms with Crippen molar-refractivity contribution in [3.8, 4) is 5.69 Å². The Hall–Kier alpha value is -2.63. The third kappa shape index (κ3) is 3.75. The Balaban J connectivity index is 1.98. The van der Waals surface area contributed by atoms with Crippen molar-refractivity contribution < 1.29 is 14.7 Å². The molecule has 1 N–H and O–H groups in total. The van der Waals surface area contributed by atoms with Crippen molar-refractivity contribution >= 4 is 11.9 Å². The molecule has 144 valence electrons. The molecule has 0 saturated carbocycles. The molecule has 1 saturated heterocycles. The van der Waals surface area contributed by atoms with Crippen LogP contribution in [0.1, 0.15) is 54.7 Å². The Bertz CT molecular complexity index is 856. The van der Waals surface area contributed by atoms with E-state index in [1.165, 1.54) is 0 Å². The number of carbonyl (C=O) groups is 2. The second kappa shape index (κ2) is 7.55. The van der Waals surface area contributed by atoms with Gasteiger partial charge in [0.2, 0.25) is 0 Å². The van der Waals surface area contributed by atoms with Gasteiger partial charge in [-0.15, -0.1) is 0 Å². The number of hydrogen-bond acceptors (Lipinski definition) is 3. The molecule has 6 heteroatoms. The molecule has 0 aliphatic carbocycles. The number of carboxylic acids is 1. The Morgan fingerprint density at radius 2 is 1.93 bits per heavy atom. The van der Waals surface area contributed by atoms with Gasteiger partial charge in [0, 0.05) is 13.1 Å². The molecule has 2 heterocycles. The molecule has 6 nitrogen and oxygen atoms in total. The van der Waals surface area contributed by atoms with Crippen molar-refractivity contribution in [2.24, 2.45) is 11.8 Å². The largest absolute Gasteiger partial charge is 0.481 e. The van der Waals surface area contributed by atoms with E-state index in [0.717, 1.165) is 16.9 Å². The fourth-order valence-electron chi connectivity index (χ4n) is 3.94. The second-order valence-electron chi connectivity index (χ2n) is 7.88. The molecule has 0 spiro atoms. The average Bonchev–Trinajstić information content (AvgIpc) is 3.06. The molecular weight excluding hydrogens is 342 g/mol. The molecule has 1 fully saturated rings. The summed E-state index contributed by atoms with van der Waals surface area (Å²) in [5.41, 5.74) is 3.46. The van der Waals surface area contributed by atoms with Crippen LogP contribution in [0.15, 0.2) is 30.5 Å². The molecule has 2 aromatic rings. The van der Waals surface area contributed by atoms with Crippen LogP contribution in [0.5, 0.6) is 0 Å². The van der Waals surface area contributed by atoms with Gasteiger partial charge in [-0.1, -0.05) is 39.0 Å². The third-order valence-electron chi connectivity index (χ3n) is 5.22. The zero-order valence-electron chi connectivity index (χ0n) is 16.3. The van der Waals surface area contributed by atoms with Gasteiger partial charge in [0.15, 0.2) is 0 Å². The van der Waals surface area contributed by atoms with Crippen molar-refractivity contribution in [3.05, 3.63) is 47.3 Å². The number of nitrogens with zero attached hydrogens (tertiary/aromatic N) is 3. The molecular formula is C21H27N3O3. The SMILES string of the molecule is Cc1ccccc1-n1ncc(C(=O)N2CC(C)CC(C(=O)O)C2)c1C(C)C. The van der Waals surface area contributed by atoms with Gasteiger partial charge in [-0.2, -0.15) is 5.10 Å². The molecule has 1 aliphatic rings. The Morgan fingerprint density at radius 3 is 2.56 bits per heavy atom. The van der Waals surface area contributed by atoms with Crippen LogP contribution in [0.4, 0.5) is 0 Å². The lowest BCUT2D eigenvalue weighted by Gasteiger charge is -2.34. The number of rotatable bonds is 4. The van der Waals surface area contributed by atoms with E-state index in [1.54, 1.807) is 11.1 Å². The topological polar surface area (TPSA) is 75.4 Å². The van der Waals surface area contributed by atoms with Gasteiger partial charge in [-0.05, 0) is 36.8 Å². The van der Waals surface area contributed by atoms with Crippen molar-refractivity contribution in [3.63, 3.8) is 0 Å². The van der Waals surface area contributed by atoms with Crippen LogP contribution in [-0.2, 0) is 4.79 Å². The van der Waals surface area contributed by atoms with E-state index in [-0.39, 0.29) is 24.3 Å². The molecule has 1 aromatic heterocycles. The van der Waals surface area contributed by atoms with Crippen LogP contribution in [0.25, 0.3) is 5.69 Å². The van der Waals surface area contributed by atoms with E-state index in [1.807, 2.05) is 56.6 Å². The highest BCUT2D eigenvalue weighted by atomic mass is 16.4. The van der Waals surface area contributed by atoms with E-state index in [9.17, 15) is 14.7 Å². The molecule has 1 aromatic carbocycles. The maximum atomic E-state index is 13.2. The van der Waals surface area contributed by atoms with Crippen LogP contribution in [0.3, 0.4) is 0 Å². The summed E-state index contributed by atoms with van der Waals surface area (Å²) in [5, 5.41) is 13.9. The van der Waals surface area contributed by atoms with Gasteiger partial charge >= 0.3 is 5.97 Å². The summed E-state index contributed by atoms with van der Waals surface area (Å²) in [5.74, 6) is -1.21. The van der Waals surface area contributed by atoms with Crippen LogP contribution in [0, 0.1) is 18.8 Å². The second-order valence-corrected chi connectivity index (χ2v) is 7.88. The van der Waals surface area contributed by atoms with Gasteiger partial charge in [0.05, 0.1) is 29.1 Å². The lowest BCUT2D eigenvalue weighted by Crippen LogP contribution is -2.45. The lowest BCUT2D eigenvalue weighted by molar-refractivity contribution is -0.143. The minimum Gasteiger partial charge on any atom is -0.481 e. The first-order valence-corrected chi connectivity index (χ1v) is 9.45. The van der Waals surface area contributed by atoms with Gasteiger partial charge in [0.25, 0.3) is 5.91 Å². The zero-order chi connectivity index (χ0) is 19.7. The first-order valence-electron chi connectivity index (χ1n) is 9.45. The van der Waals surface area contributed by atoms with Crippen LogP contribution in [0.2, 0.25) is 0 Å². The van der Waals surface area contributed by atoms with E-state index in [2.05, 4.69) is 5.10 Å². The molecule has 2 atom stereocenters. The third-order valence-corrected chi connectivity index (χ3v) is 5.22. The summed E-state index contributed by atoms with van der Waals surface area (Å²) in [6.07, 6.45) is 2.23. The summed E-state index contributed by atoms with van der Waals surface area (Å²) in [7, 11) is 0. The van der Waals surface area contributed by atoms with Gasteiger partial charge in [-0.25, -0.2) is 4.68 Å². The average molecular weight is 369 g/mol. The molecule has 0 bridgehead atoms. The zero-order valence-corrected chi connectivity index (χ0v) is 16.3. The van der Waals surface area contributed by atoms with Gasteiger partial charge < -0.3 is 10.0 Å². The number of carbonyl (C=O) groups excluding carboxylic acids is 1. The number of aromatic nitrogens is 2. The van der Waals surface area contributed by atoms with Crippen LogP contribution < -0.4 is 0 Å². The van der Waals surface area contributed by atoms with Gasteiger partial charge in [-0.3, -0.25) is 9.59 Å². The number of hydrogen-bond donors (Lipinski definition) is 1. The highest BCUT2D eigenvalue weighted by molar-refractivity contribution is 5.96. The fraction of sp³-hybridized carbons (Fsp3) is 0.476. The van der Waals surface area contributed by atoms with Crippen LogP contribution >= 0.6 is 0 Å². The Labute approximate surface area is 159 Å². The maximum absolute atomic E-state index is 13.2. The monoisotopic (exact) mass is 369 g/mol. The highest BCUT2D eigenvalue weighted by Crippen LogP contribution is 2.28. The van der Waals surface area contributed by atoms with Crippen molar-refractivity contribution in [1.82, 2.24) is 14.7 Å². The highest BCUT2D eigenvalue weighted by Gasteiger charge is 2.34. The summed E-state index contributed by atoms with van der Waals surface area (Å²) in [6.45, 7) is 8.94. The number of aryl methyl sites for hydroxylation is 1. The minimum atomic E-state index is -0.834. The molecule has 3 rings (SSSR count). The van der Waals surface area contributed by atoms with Crippen LogP contribution in [-0.4, -0.2) is 44.8 Å². The quantitative estimate of drug-likeness (QED) is 0.895. The number of amides is 1. The molecule has 1 aliphatic heterocycles. The molecule has 2 unspecified atom stereocenters. The molecule has 0 radical (unpaired) electrons. The summed E-state index contributed by atoms with van der Waals surface area (Å²) < 4.78 is 1.84. The Kier molecular flexibility index (Phi) is 5.35. The minimum absolute atomic E-state index is 0.101. The lowest BCUT2D eigenvalue weighted by atomic mass is 9.90. The summed E-state index contributed by atoms with van der Waals surface area (Å²) in [4.78, 5) is 26.4. The van der Waals surface area contributed by atoms with Crippen molar-refractivity contribution in [1.29, 1.82) is 0 Å². The predicted molar refractivity (Wildman–Crippen MR) is 103 cm³/mol. The van der Waals surface area contributed by atoms with E-state index in [4.69, 9.17) is 0 Å². The van der Waals surface area contributed by atoms with E-state index < -0.39 is 11.9 Å². The number of likely N-dealkylation sites (tertiary alicyclic amines) is 1. The Morgan fingerprint density at radius 1 is 1.22 bits per heavy atom. The number of para-hydroxylation sites is 1. The maximum Gasteiger partial charge on any atom is 0.308 e. The smallest absolute Gasteiger partial charge is 0.308 e. The first kappa shape index (κ1) is 19.1. The molecule has 1 amide bonds. The van der Waals surface area contributed by atoms with E-state index >= 15 is 0 Å². The number of piperidine rings is 1. The number of carboxylic acid groups (broad SMARTS) is 1. The molecule has 27 heavy (non-hydrogen) atoms. The van der Waals surface area contributed by atoms with E-state index in [0.29, 0.717) is 18.5 Å². The summed E-state index contributed by atoms with van der Waals surface area (Å²) in [6, 6.07) is 7.95.